The van der Waals surface area contributed by atoms with E-state index in [1.54, 1.807) is 14.2 Å². The van der Waals surface area contributed by atoms with Crippen molar-refractivity contribution >= 4 is 38.3 Å². The maximum absolute atomic E-state index is 12.5. The summed E-state index contributed by atoms with van der Waals surface area (Å²) >= 11 is 3.55. The van der Waals surface area contributed by atoms with Gasteiger partial charge in [-0.25, -0.2) is 0 Å². The molecule has 0 radical (unpaired) electrons. The Bertz CT molecular complexity index is 1020. The first-order chi connectivity index (χ1) is 12.6. The lowest BCUT2D eigenvalue weighted by atomic mass is 9.83. The second-order valence-corrected chi connectivity index (χ2v) is 7.14. The lowest BCUT2D eigenvalue weighted by molar-refractivity contribution is -0.116. The minimum Gasteiger partial charge on any atom is -0.497 e. The van der Waals surface area contributed by atoms with Gasteiger partial charge in [-0.3, -0.25) is 4.79 Å². The van der Waals surface area contributed by atoms with Crippen LogP contribution in [0.15, 0.2) is 53.0 Å². The zero-order chi connectivity index (χ0) is 18.3. The maximum Gasteiger partial charge on any atom is 0.225 e. The van der Waals surface area contributed by atoms with Crippen molar-refractivity contribution in [3.63, 3.8) is 0 Å². The van der Waals surface area contributed by atoms with Gasteiger partial charge in [0, 0.05) is 23.3 Å². The summed E-state index contributed by atoms with van der Waals surface area (Å²) in [7, 11) is 3.27. The van der Waals surface area contributed by atoms with E-state index in [0.29, 0.717) is 6.42 Å². The van der Waals surface area contributed by atoms with Crippen molar-refractivity contribution < 1.29 is 14.3 Å². The third kappa shape index (κ3) is 2.72. The van der Waals surface area contributed by atoms with Crippen molar-refractivity contribution in [2.75, 3.05) is 19.5 Å². The topological polar surface area (TPSA) is 47.6 Å². The number of carbonyl (C=O) groups is 1. The minimum atomic E-state index is -0.107. The Hall–Kier alpha value is -2.53. The highest BCUT2D eigenvalue weighted by molar-refractivity contribution is 9.10. The van der Waals surface area contributed by atoms with E-state index in [9.17, 15) is 4.79 Å². The molecule has 1 N–H and O–H groups in total. The van der Waals surface area contributed by atoms with Crippen LogP contribution in [0.5, 0.6) is 11.5 Å². The van der Waals surface area contributed by atoms with Crippen molar-refractivity contribution in [2.24, 2.45) is 0 Å². The van der Waals surface area contributed by atoms with Crippen LogP contribution >= 0.6 is 15.9 Å². The van der Waals surface area contributed by atoms with Crippen LogP contribution in [0.1, 0.15) is 23.5 Å². The number of halogens is 1. The van der Waals surface area contributed by atoms with Gasteiger partial charge in [-0.15, -0.1) is 0 Å². The molecular weight excluding hydrogens is 394 g/mol. The molecule has 1 atom stereocenters. The van der Waals surface area contributed by atoms with Crippen LogP contribution in [0.2, 0.25) is 0 Å². The summed E-state index contributed by atoms with van der Waals surface area (Å²) in [5.74, 6) is 1.34. The van der Waals surface area contributed by atoms with Gasteiger partial charge in [-0.1, -0.05) is 36.4 Å². The summed E-state index contributed by atoms with van der Waals surface area (Å²) in [4.78, 5) is 12.5. The molecule has 1 heterocycles. The first kappa shape index (κ1) is 16.9. The lowest BCUT2D eigenvalue weighted by Gasteiger charge is -2.29. The van der Waals surface area contributed by atoms with Gasteiger partial charge in [0.2, 0.25) is 5.91 Å². The van der Waals surface area contributed by atoms with Gasteiger partial charge in [0.25, 0.3) is 0 Å². The summed E-state index contributed by atoms with van der Waals surface area (Å²) in [6.07, 6.45) is 0.362. The molecule has 0 saturated carbocycles. The smallest absolute Gasteiger partial charge is 0.225 e. The van der Waals surface area contributed by atoms with Gasteiger partial charge >= 0.3 is 0 Å². The summed E-state index contributed by atoms with van der Waals surface area (Å²) < 4.78 is 11.9. The summed E-state index contributed by atoms with van der Waals surface area (Å²) in [5.41, 5.74) is 2.90. The van der Waals surface area contributed by atoms with Crippen molar-refractivity contribution in [1.29, 1.82) is 0 Å². The highest BCUT2D eigenvalue weighted by atomic mass is 79.9. The molecule has 3 aromatic rings. The molecule has 0 fully saturated rings. The molecule has 0 spiro atoms. The fourth-order valence-electron chi connectivity index (χ4n) is 3.66. The van der Waals surface area contributed by atoms with Gasteiger partial charge in [0.15, 0.2) is 0 Å². The molecule has 4 nitrogen and oxygen atoms in total. The average Bonchev–Trinajstić information content (AvgIpc) is 2.66. The second kappa shape index (κ2) is 6.65. The third-order valence-electron chi connectivity index (χ3n) is 4.85. The molecule has 3 aromatic carbocycles. The lowest BCUT2D eigenvalue weighted by Crippen LogP contribution is -2.24. The number of carbonyl (C=O) groups excluding carboxylic acids is 1. The van der Waals surface area contributed by atoms with Gasteiger partial charge in [-0.05, 0) is 39.0 Å². The van der Waals surface area contributed by atoms with E-state index in [-0.39, 0.29) is 11.8 Å². The predicted octanol–water partition coefficient (Wildman–Crippen LogP) is 5.09. The number of hydrogen-bond donors (Lipinski definition) is 1. The summed E-state index contributed by atoms with van der Waals surface area (Å²) in [6, 6.07) is 16.1. The van der Waals surface area contributed by atoms with Gasteiger partial charge in [-0.2, -0.15) is 0 Å². The number of ether oxygens (including phenoxy) is 2. The minimum absolute atomic E-state index is 0.000140. The van der Waals surface area contributed by atoms with Crippen molar-refractivity contribution in [1.82, 2.24) is 0 Å². The monoisotopic (exact) mass is 411 g/mol. The second-order valence-electron chi connectivity index (χ2n) is 6.29. The molecule has 26 heavy (non-hydrogen) atoms. The molecular formula is C21H18BrNO3. The maximum atomic E-state index is 12.5. The highest BCUT2D eigenvalue weighted by Crippen LogP contribution is 2.46. The van der Waals surface area contributed by atoms with Crippen LogP contribution in [0.3, 0.4) is 0 Å². The molecule has 5 heteroatoms. The van der Waals surface area contributed by atoms with Crippen LogP contribution in [-0.2, 0) is 4.79 Å². The quantitative estimate of drug-likeness (QED) is 0.652. The fourth-order valence-corrected chi connectivity index (χ4v) is 4.28. The molecule has 0 aromatic heterocycles. The number of methoxy groups -OCH3 is 2. The average molecular weight is 412 g/mol. The van der Waals surface area contributed by atoms with Crippen molar-refractivity contribution in [3.05, 3.63) is 64.1 Å². The van der Waals surface area contributed by atoms with Crippen LogP contribution in [0.25, 0.3) is 10.8 Å². The number of rotatable bonds is 3. The van der Waals surface area contributed by atoms with E-state index >= 15 is 0 Å². The SMILES string of the molecule is COc1cc(Br)c(OC)c(C2CC(=O)Nc3c2ccc2ccccc32)c1. The van der Waals surface area contributed by atoms with Crippen LogP contribution in [0, 0.1) is 0 Å². The summed E-state index contributed by atoms with van der Waals surface area (Å²) in [5, 5.41) is 5.21. The molecule has 4 rings (SSSR count). The summed E-state index contributed by atoms with van der Waals surface area (Å²) in [6.45, 7) is 0. The number of anilines is 1. The zero-order valence-electron chi connectivity index (χ0n) is 14.5. The number of benzene rings is 3. The predicted molar refractivity (Wildman–Crippen MR) is 106 cm³/mol. The fraction of sp³-hybridized carbons (Fsp3) is 0.190. The first-order valence-corrected chi connectivity index (χ1v) is 9.14. The molecule has 1 amide bonds. The van der Waals surface area contributed by atoms with Gasteiger partial charge in [0.05, 0.1) is 24.4 Å². The van der Waals surface area contributed by atoms with Crippen molar-refractivity contribution in [3.8, 4) is 11.5 Å². The molecule has 0 bridgehead atoms. The van der Waals surface area contributed by atoms with Crippen molar-refractivity contribution in [2.45, 2.75) is 12.3 Å². The number of amides is 1. The van der Waals surface area contributed by atoms with E-state index in [1.807, 2.05) is 36.4 Å². The number of fused-ring (bicyclic) bond motifs is 3. The number of nitrogens with one attached hydrogen (secondary N) is 1. The molecule has 1 unspecified atom stereocenters. The first-order valence-electron chi connectivity index (χ1n) is 8.35. The van der Waals surface area contributed by atoms with E-state index in [0.717, 1.165) is 43.6 Å². The third-order valence-corrected chi connectivity index (χ3v) is 5.44. The van der Waals surface area contributed by atoms with Crippen LogP contribution < -0.4 is 14.8 Å². The molecule has 1 aliphatic rings. The Balaban J connectivity index is 1.97. The van der Waals surface area contributed by atoms with E-state index in [1.165, 1.54) is 0 Å². The Morgan fingerprint density at radius 3 is 2.62 bits per heavy atom. The Morgan fingerprint density at radius 2 is 1.85 bits per heavy atom. The Labute approximate surface area is 160 Å². The molecule has 0 saturated heterocycles. The Morgan fingerprint density at radius 1 is 1.04 bits per heavy atom. The van der Waals surface area contributed by atoms with Crippen LogP contribution in [-0.4, -0.2) is 20.1 Å². The van der Waals surface area contributed by atoms with Gasteiger partial charge in [0.1, 0.15) is 11.5 Å². The Kier molecular flexibility index (Phi) is 4.32. The van der Waals surface area contributed by atoms with E-state index in [4.69, 9.17) is 9.47 Å². The largest absolute Gasteiger partial charge is 0.497 e. The van der Waals surface area contributed by atoms with E-state index < -0.39 is 0 Å². The van der Waals surface area contributed by atoms with E-state index in [2.05, 4.69) is 33.4 Å². The highest BCUT2D eigenvalue weighted by Gasteiger charge is 2.30. The molecule has 0 aliphatic carbocycles. The normalized spacial score (nSPS) is 16.1. The zero-order valence-corrected chi connectivity index (χ0v) is 16.1. The standard InChI is InChI=1S/C21H18BrNO3/c1-25-13-9-17(21(26-2)18(22)10-13)16-11-19(24)23-20-14-6-4-3-5-12(14)7-8-15(16)20/h3-10,16H,11H2,1-2H3,(H,23,24). The molecule has 132 valence electrons. The number of hydrogen-bond acceptors (Lipinski definition) is 3. The van der Waals surface area contributed by atoms with Gasteiger partial charge < -0.3 is 14.8 Å². The molecule has 1 aliphatic heterocycles. The van der Waals surface area contributed by atoms with Crippen LogP contribution in [0.4, 0.5) is 5.69 Å².